The van der Waals surface area contributed by atoms with Gasteiger partial charge in [-0.05, 0) is 48.6 Å². The van der Waals surface area contributed by atoms with Gasteiger partial charge < -0.3 is 16.5 Å². The molecule has 0 fully saturated rings. The number of benzene rings is 2. The van der Waals surface area contributed by atoms with E-state index in [1.807, 2.05) is 12.1 Å². The van der Waals surface area contributed by atoms with Crippen LogP contribution >= 0.6 is 0 Å². The smallest absolute Gasteiger partial charge is 0.541 e. The second-order valence-corrected chi connectivity index (χ2v) is 7.73. The van der Waals surface area contributed by atoms with Crippen molar-refractivity contribution in [1.82, 2.24) is 0 Å². The summed E-state index contributed by atoms with van der Waals surface area (Å²) in [4.78, 5) is 9.24. The number of hydrogen-bond donors (Lipinski definition) is 1. The summed E-state index contributed by atoms with van der Waals surface area (Å²) in [6.45, 7) is 12.4. The van der Waals surface area contributed by atoms with E-state index in [-0.39, 0.29) is 30.0 Å². The molecule has 2 aromatic carbocycles. The predicted molar refractivity (Wildman–Crippen MR) is 109 cm³/mol. The number of primary sulfonamides is 1. The molecule has 2 aromatic rings. The van der Waals surface area contributed by atoms with Crippen LogP contribution in [0.2, 0.25) is 0 Å². The quantitative estimate of drug-likeness (QED) is 0.406. The Morgan fingerprint density at radius 1 is 1.20 bits per heavy atom. The molecular formula is C21H22F2LiNO4S-2. The standard InChI is InChI=1S/C19H18F2O.C2H4NO3S.Li/c1-5-15-6-9-18(12-14(15)4)22-17-10-7-16(8-11-17)19(20,21)13(2)3;3-7(5,6)2-1-4;/h6-12H,1-2,4-5H2,3H3;2H2,(H2,3,5,6);/q-2;-1;+1. The van der Waals surface area contributed by atoms with Crippen LogP contribution in [-0.4, -0.2) is 20.5 Å². The molecule has 0 heterocycles. The molecule has 0 amide bonds. The van der Waals surface area contributed by atoms with Gasteiger partial charge >= 0.3 is 18.9 Å². The Balaban J connectivity index is 0.000000909. The third kappa shape index (κ3) is 8.72. The fourth-order valence-corrected chi connectivity index (χ4v) is 2.27. The molecule has 0 spiro atoms. The van der Waals surface area contributed by atoms with Crippen molar-refractivity contribution in [2.75, 3.05) is 5.75 Å². The Kier molecular flexibility index (Phi) is 11.1. The van der Waals surface area contributed by atoms with Gasteiger partial charge in [0, 0.05) is 5.56 Å². The van der Waals surface area contributed by atoms with Crippen molar-refractivity contribution in [3.05, 3.63) is 85.2 Å². The molecule has 0 aromatic heterocycles. The van der Waals surface area contributed by atoms with Crippen molar-refractivity contribution in [1.29, 1.82) is 0 Å². The maximum atomic E-state index is 13.8. The minimum absolute atomic E-state index is 0. The molecule has 0 unspecified atom stereocenters. The number of carbonyl (C=O) groups excluding carboxylic acids is 1. The Bertz CT molecular complexity index is 961. The Labute approximate surface area is 188 Å². The summed E-state index contributed by atoms with van der Waals surface area (Å²) in [6, 6.07) is 11.2. The van der Waals surface area contributed by atoms with E-state index in [4.69, 9.17) is 4.74 Å². The first kappa shape index (κ1) is 27.9. The minimum Gasteiger partial charge on any atom is -0.541 e. The van der Waals surface area contributed by atoms with Crippen LogP contribution in [0.4, 0.5) is 8.78 Å². The van der Waals surface area contributed by atoms with E-state index in [0.717, 1.165) is 17.4 Å². The van der Waals surface area contributed by atoms with Gasteiger partial charge in [-0.25, -0.2) is 26.3 Å². The predicted octanol–water partition coefficient (Wildman–Crippen LogP) is 1.09. The van der Waals surface area contributed by atoms with Crippen molar-refractivity contribution < 1.29 is 45.6 Å². The van der Waals surface area contributed by atoms with E-state index in [1.165, 1.54) is 31.2 Å². The molecule has 5 nitrogen and oxygen atoms in total. The fraction of sp³-hybridized carbons (Fsp3) is 0.190. The fourth-order valence-electron chi connectivity index (χ4n) is 2.11. The maximum Gasteiger partial charge on any atom is 1.00 e. The zero-order valence-electron chi connectivity index (χ0n) is 17.0. The number of rotatable bonds is 7. The second-order valence-electron chi connectivity index (χ2n) is 6.11. The molecule has 0 bridgehead atoms. The van der Waals surface area contributed by atoms with Gasteiger partial charge in [-0.3, -0.25) is 0 Å². The van der Waals surface area contributed by atoms with Crippen molar-refractivity contribution >= 4 is 16.3 Å². The van der Waals surface area contributed by atoms with Crippen LogP contribution in [0.3, 0.4) is 0 Å². The number of hydrogen-bond acceptors (Lipinski definition) is 4. The summed E-state index contributed by atoms with van der Waals surface area (Å²) < 4.78 is 52.8. The van der Waals surface area contributed by atoms with Crippen LogP contribution in [0, 0.1) is 13.8 Å². The maximum absolute atomic E-state index is 13.8. The monoisotopic (exact) mass is 429 g/mol. The van der Waals surface area contributed by atoms with E-state index in [0.29, 0.717) is 17.9 Å². The van der Waals surface area contributed by atoms with E-state index in [2.05, 4.69) is 25.6 Å². The summed E-state index contributed by atoms with van der Waals surface area (Å²) >= 11 is 0. The molecule has 0 atom stereocenters. The zero-order valence-corrected chi connectivity index (χ0v) is 17.8. The first-order chi connectivity index (χ1) is 13.4. The van der Waals surface area contributed by atoms with E-state index >= 15 is 0 Å². The molecule has 2 N–H and O–H groups in total. The van der Waals surface area contributed by atoms with Gasteiger partial charge in [0.2, 0.25) is 0 Å². The van der Waals surface area contributed by atoms with Crippen molar-refractivity contribution in [2.24, 2.45) is 5.14 Å². The molecular weight excluding hydrogens is 407 g/mol. The number of ether oxygens (including phenoxy) is 1. The van der Waals surface area contributed by atoms with Gasteiger partial charge in [0.15, 0.2) is 10.0 Å². The molecule has 158 valence electrons. The minimum atomic E-state index is -3.60. The zero-order chi connectivity index (χ0) is 22.2. The van der Waals surface area contributed by atoms with Crippen LogP contribution in [-0.2, 0) is 27.2 Å². The van der Waals surface area contributed by atoms with Crippen LogP contribution in [0.5, 0.6) is 11.5 Å². The summed E-state index contributed by atoms with van der Waals surface area (Å²) in [5.74, 6) is -2.65. The van der Waals surface area contributed by atoms with Crippen molar-refractivity contribution in [3.63, 3.8) is 0 Å². The Hall–Kier alpha value is -2.11. The van der Waals surface area contributed by atoms with Crippen molar-refractivity contribution in [2.45, 2.75) is 19.3 Å². The molecule has 9 heteroatoms. The van der Waals surface area contributed by atoms with Crippen LogP contribution in [0.1, 0.15) is 23.6 Å². The number of halogens is 2. The Morgan fingerprint density at radius 2 is 1.73 bits per heavy atom. The second kappa shape index (κ2) is 11.9. The average molecular weight is 429 g/mol. The van der Waals surface area contributed by atoms with E-state index < -0.39 is 21.7 Å². The molecule has 30 heavy (non-hydrogen) atoms. The van der Waals surface area contributed by atoms with Crippen molar-refractivity contribution in [3.8, 4) is 11.5 Å². The summed E-state index contributed by atoms with van der Waals surface area (Å²) in [6.07, 6.45) is 1.80. The first-order valence-electron chi connectivity index (χ1n) is 8.32. The molecule has 0 aliphatic heterocycles. The largest absolute Gasteiger partial charge is 1.00 e. The molecule has 0 aliphatic carbocycles. The first-order valence-corrected chi connectivity index (χ1v) is 10.0. The topological polar surface area (TPSA) is 86.5 Å². The van der Waals surface area contributed by atoms with Gasteiger partial charge in [-0.2, -0.15) is 26.8 Å². The molecule has 0 radical (unpaired) electrons. The van der Waals surface area contributed by atoms with Gasteiger partial charge in [-0.1, -0.05) is 6.58 Å². The Morgan fingerprint density at radius 3 is 2.10 bits per heavy atom. The molecule has 0 aliphatic rings. The number of sulfonamides is 1. The normalized spacial score (nSPS) is 10.8. The number of allylic oxidation sites excluding steroid dienone is 1. The molecule has 2 rings (SSSR count). The van der Waals surface area contributed by atoms with Crippen LogP contribution < -0.4 is 28.7 Å². The van der Waals surface area contributed by atoms with Gasteiger partial charge in [0.05, 0.1) is 5.75 Å². The SMILES string of the molecule is C=C(C)C(F)(F)c1ccc(Oc2ccc(C[CH2-])c([CH2-])c2)cc1.NS(=O)(=O)C[C-]=O.[Li+]. The van der Waals surface area contributed by atoms with Gasteiger partial charge in [-0.15, -0.1) is 12.1 Å². The summed E-state index contributed by atoms with van der Waals surface area (Å²) in [5, 5.41) is 4.36. The molecule has 0 saturated carbocycles. The third-order valence-electron chi connectivity index (χ3n) is 3.70. The van der Waals surface area contributed by atoms with Crippen LogP contribution in [0.15, 0.2) is 54.6 Å². The van der Waals surface area contributed by atoms with Crippen LogP contribution in [0.25, 0.3) is 0 Å². The van der Waals surface area contributed by atoms with E-state index in [9.17, 15) is 22.0 Å². The van der Waals surface area contributed by atoms with E-state index in [1.54, 1.807) is 6.07 Å². The van der Waals surface area contributed by atoms with Gasteiger partial charge in [0.25, 0.3) is 5.92 Å². The molecule has 0 saturated heterocycles. The summed E-state index contributed by atoms with van der Waals surface area (Å²) in [5.41, 5.74) is 1.60. The summed E-state index contributed by atoms with van der Waals surface area (Å²) in [7, 11) is -3.60. The number of nitrogens with two attached hydrogens (primary N) is 1. The number of alkyl halides is 2. The third-order valence-corrected chi connectivity index (χ3v) is 4.22. The van der Waals surface area contributed by atoms with Gasteiger partial charge in [0.1, 0.15) is 5.75 Å². The average Bonchev–Trinajstić information content (AvgIpc) is 2.62.